The molecule has 16 heteroatoms. The molecule has 27 heavy (non-hydrogen) atoms. The second-order valence-corrected chi connectivity index (χ2v) is 4.77. The summed E-state index contributed by atoms with van der Waals surface area (Å²) in [7, 11) is 1.27. The van der Waals surface area contributed by atoms with Gasteiger partial charge < -0.3 is 5.11 Å². The van der Waals surface area contributed by atoms with E-state index < -0.39 is 49.6 Å². The van der Waals surface area contributed by atoms with Gasteiger partial charge in [0, 0.05) is 6.92 Å². The molecule has 0 saturated heterocycles. The van der Waals surface area contributed by atoms with E-state index in [1.807, 2.05) is 0 Å². The zero-order chi connectivity index (χ0) is 21.1. The number of hydrogen-bond acceptors (Lipinski definition) is 8. The Bertz CT molecular complexity index is 875. The van der Waals surface area contributed by atoms with Gasteiger partial charge in [-0.3, -0.25) is 30.3 Å². The quantitative estimate of drug-likeness (QED) is 0.454. The fourth-order valence-corrected chi connectivity index (χ4v) is 1.77. The van der Waals surface area contributed by atoms with Gasteiger partial charge in [-0.05, 0) is 4.98 Å². The molecule has 0 radical (unpaired) electrons. The molecule has 1 aromatic heterocycles. The number of aryl methyl sites for hydroxylation is 2. The van der Waals surface area contributed by atoms with Crippen LogP contribution in [0.15, 0.2) is 12.1 Å². The van der Waals surface area contributed by atoms with Gasteiger partial charge in [0.1, 0.15) is 7.05 Å². The summed E-state index contributed by atoms with van der Waals surface area (Å²) in [5.74, 6) is -2.12. The van der Waals surface area contributed by atoms with Gasteiger partial charge in [0.15, 0.2) is 0 Å². The zero-order valence-electron chi connectivity index (χ0n) is 13.4. The third-order valence-electron chi connectivity index (χ3n) is 2.81. The van der Waals surface area contributed by atoms with E-state index in [4.69, 9.17) is 0 Å². The van der Waals surface area contributed by atoms with Gasteiger partial charge in [-0.15, -0.1) is 0 Å². The molecule has 0 fully saturated rings. The minimum absolute atomic E-state index is 0.250. The summed E-state index contributed by atoms with van der Waals surface area (Å²) in [6.07, 6.45) is -4.38. The lowest BCUT2D eigenvalue weighted by Gasteiger charge is -2.06. The number of nitro benzene ring substituents is 3. The monoisotopic (exact) mass is 394 g/mol. The van der Waals surface area contributed by atoms with Gasteiger partial charge in [-0.25, -0.2) is 0 Å². The molecule has 2 aromatic rings. The summed E-state index contributed by atoms with van der Waals surface area (Å²) in [5.41, 5.74) is -3.26. The lowest BCUT2D eigenvalue weighted by molar-refractivity contribution is -0.745. The van der Waals surface area contributed by atoms with Crippen LogP contribution in [0.25, 0.3) is 0 Å². The third kappa shape index (κ3) is 5.06. The molecule has 0 aliphatic rings. The predicted molar refractivity (Wildman–Crippen MR) is 75.4 cm³/mol. The highest BCUT2D eigenvalue weighted by atomic mass is 19.4. The summed E-state index contributed by atoms with van der Waals surface area (Å²) >= 11 is 0. The summed E-state index contributed by atoms with van der Waals surface area (Å²) in [4.78, 5) is 30.8. The lowest BCUT2D eigenvalue weighted by Crippen LogP contribution is -2.38. The van der Waals surface area contributed by atoms with E-state index in [9.17, 15) is 48.6 Å². The van der Waals surface area contributed by atoms with E-state index >= 15 is 0 Å². The minimum atomic E-state index is -4.38. The number of benzene rings is 1. The van der Waals surface area contributed by atoms with Crippen LogP contribution >= 0.6 is 0 Å². The molecule has 13 nitrogen and oxygen atoms in total. The van der Waals surface area contributed by atoms with Crippen molar-refractivity contribution in [2.75, 3.05) is 0 Å². The number of aromatic nitrogens is 3. The minimum Gasteiger partial charge on any atom is -0.863 e. The second kappa shape index (κ2) is 7.58. The Balaban J connectivity index is 0.000000289. The molecule has 0 amide bonds. The maximum Gasteiger partial charge on any atom is 0.501 e. The molecule has 1 heterocycles. The maximum atomic E-state index is 12.0. The molecule has 0 aliphatic carbocycles. The highest BCUT2D eigenvalue weighted by Gasteiger charge is 2.44. The Morgan fingerprint density at radius 3 is 1.70 bits per heavy atom. The number of rotatable bonds is 3. The van der Waals surface area contributed by atoms with Gasteiger partial charge in [0.25, 0.3) is 17.1 Å². The summed E-state index contributed by atoms with van der Waals surface area (Å²) in [6, 6.07) is 0.769. The van der Waals surface area contributed by atoms with Crippen LogP contribution < -0.4 is 9.79 Å². The number of nitrogens with zero attached hydrogens (tertiary/aromatic N) is 5. The molecule has 0 saturated carbocycles. The first-order valence-corrected chi connectivity index (χ1v) is 6.53. The SMILES string of the molecule is Cc1nc(C(F)(F)F)[n+](C)[nH]1.O=[N+]([O-])c1cc([N+](=O)[O-])c([O-])c([N+](=O)[O-])c1. The molecule has 0 bridgehead atoms. The molecule has 0 spiro atoms. The van der Waals surface area contributed by atoms with Crippen LogP contribution in [0.2, 0.25) is 0 Å². The second-order valence-electron chi connectivity index (χ2n) is 4.77. The number of halogens is 3. The summed E-state index contributed by atoms with van der Waals surface area (Å²) < 4.78 is 36.7. The molecule has 0 unspecified atom stereocenters. The number of aromatic amines is 1. The third-order valence-corrected chi connectivity index (χ3v) is 2.81. The highest BCUT2D eigenvalue weighted by Crippen LogP contribution is 2.36. The standard InChI is InChI=1S/C6H3N3O7.C5H6F3N3/c10-6-4(8(13)14)1-3(7(11)12)2-5(6)9(15)16;1-3-9-4(5(6,7)8)11(2)10-3/h1-2,10H;1-2H3. The van der Waals surface area contributed by atoms with Crippen LogP contribution in [0.5, 0.6) is 5.75 Å². The molecular weight excluding hydrogens is 385 g/mol. The number of nitro groups is 3. The van der Waals surface area contributed by atoms with Crippen LogP contribution in [-0.4, -0.2) is 24.9 Å². The van der Waals surface area contributed by atoms with Crippen molar-refractivity contribution in [3.8, 4) is 5.75 Å². The Morgan fingerprint density at radius 2 is 1.48 bits per heavy atom. The molecular formula is C11H9F3N6O7. The molecule has 0 atom stereocenters. The number of H-pyrrole nitrogens is 1. The van der Waals surface area contributed by atoms with E-state index in [0.29, 0.717) is 12.1 Å². The molecule has 0 aliphatic heterocycles. The number of nitrogens with one attached hydrogen (secondary N) is 1. The fraction of sp³-hybridized carbons (Fsp3) is 0.273. The van der Waals surface area contributed by atoms with Crippen molar-refractivity contribution in [2.45, 2.75) is 13.1 Å². The van der Waals surface area contributed by atoms with Crippen molar-refractivity contribution < 1.29 is 37.7 Å². The van der Waals surface area contributed by atoms with Crippen molar-refractivity contribution in [1.29, 1.82) is 0 Å². The average Bonchev–Trinajstić information content (AvgIpc) is 2.86. The van der Waals surface area contributed by atoms with Gasteiger partial charge in [0.05, 0.1) is 32.7 Å². The van der Waals surface area contributed by atoms with Crippen molar-refractivity contribution in [3.05, 3.63) is 54.1 Å². The summed E-state index contributed by atoms with van der Waals surface area (Å²) in [5, 5.41) is 44.5. The van der Waals surface area contributed by atoms with Crippen LogP contribution in [0.3, 0.4) is 0 Å². The largest absolute Gasteiger partial charge is 0.863 e. The summed E-state index contributed by atoms with van der Waals surface area (Å²) in [6.45, 7) is 1.47. The number of non-ortho nitro benzene ring substituents is 1. The smallest absolute Gasteiger partial charge is 0.501 e. The van der Waals surface area contributed by atoms with Crippen molar-refractivity contribution >= 4 is 17.1 Å². The van der Waals surface area contributed by atoms with Crippen LogP contribution in [-0.2, 0) is 13.2 Å². The topological polar surface area (TPSA) is 185 Å². The predicted octanol–water partition coefficient (Wildman–Crippen LogP) is 1.05. The van der Waals surface area contributed by atoms with E-state index in [2.05, 4.69) is 10.1 Å². The van der Waals surface area contributed by atoms with Crippen LogP contribution in [0, 0.1) is 37.3 Å². The van der Waals surface area contributed by atoms with Crippen LogP contribution in [0.4, 0.5) is 30.2 Å². The number of alkyl halides is 3. The maximum absolute atomic E-state index is 12.0. The van der Waals surface area contributed by atoms with Gasteiger partial charge >= 0.3 is 12.0 Å². The van der Waals surface area contributed by atoms with E-state index in [1.54, 1.807) is 0 Å². The van der Waals surface area contributed by atoms with Gasteiger partial charge in [-0.2, -0.15) is 23.0 Å². The Hall–Kier alpha value is -3.85. The molecule has 1 N–H and O–H groups in total. The number of hydrogen-bond donors (Lipinski definition) is 1. The zero-order valence-corrected chi connectivity index (χ0v) is 13.4. The first-order chi connectivity index (χ1) is 12.3. The van der Waals surface area contributed by atoms with E-state index in [0.717, 1.165) is 4.68 Å². The van der Waals surface area contributed by atoms with E-state index in [1.165, 1.54) is 14.0 Å². The first kappa shape index (κ1) is 21.2. The lowest BCUT2D eigenvalue weighted by atomic mass is 10.2. The molecule has 146 valence electrons. The average molecular weight is 394 g/mol. The molecule has 2 rings (SSSR count). The van der Waals surface area contributed by atoms with Crippen molar-refractivity contribution in [1.82, 2.24) is 10.1 Å². The molecule has 1 aromatic carbocycles. The Morgan fingerprint density at radius 1 is 1.04 bits per heavy atom. The normalized spacial score (nSPS) is 10.7. The fourth-order valence-electron chi connectivity index (χ4n) is 1.77. The van der Waals surface area contributed by atoms with Crippen LogP contribution in [0.1, 0.15) is 11.6 Å². The van der Waals surface area contributed by atoms with Crippen molar-refractivity contribution in [2.24, 2.45) is 7.05 Å². The van der Waals surface area contributed by atoms with Gasteiger partial charge in [0.2, 0.25) is 5.82 Å². The highest BCUT2D eigenvalue weighted by molar-refractivity contribution is 5.63. The van der Waals surface area contributed by atoms with Gasteiger partial charge in [-0.1, -0.05) is 0 Å². The Labute approximate surface area is 146 Å². The Kier molecular flexibility index (Phi) is 5.95. The first-order valence-electron chi connectivity index (χ1n) is 6.53. The van der Waals surface area contributed by atoms with Crippen molar-refractivity contribution in [3.63, 3.8) is 0 Å². The van der Waals surface area contributed by atoms with E-state index in [-0.39, 0.29) is 5.82 Å².